The lowest BCUT2D eigenvalue weighted by molar-refractivity contribution is 0.921. The first-order chi connectivity index (χ1) is 8.76. The van der Waals surface area contributed by atoms with Crippen molar-refractivity contribution in [2.75, 3.05) is 0 Å². The van der Waals surface area contributed by atoms with Crippen molar-refractivity contribution in [3.63, 3.8) is 0 Å². The van der Waals surface area contributed by atoms with Gasteiger partial charge in [-0.05, 0) is 24.5 Å². The summed E-state index contributed by atoms with van der Waals surface area (Å²) in [7, 11) is 0. The summed E-state index contributed by atoms with van der Waals surface area (Å²) in [5.74, 6) is 0. The fourth-order valence-corrected chi connectivity index (χ4v) is 2.17. The fraction of sp³-hybridized carbons (Fsp3) is 0.333. The fourth-order valence-electron chi connectivity index (χ4n) is 2.17. The van der Waals surface area contributed by atoms with Crippen LogP contribution >= 0.6 is 0 Å². The van der Waals surface area contributed by atoms with Gasteiger partial charge in [-0.15, -0.1) is 0 Å². The van der Waals surface area contributed by atoms with Gasteiger partial charge in [0.15, 0.2) is 0 Å². The molecule has 3 nitrogen and oxygen atoms in total. The minimum absolute atomic E-state index is 0.0385. The van der Waals surface area contributed by atoms with Gasteiger partial charge >= 0.3 is 0 Å². The van der Waals surface area contributed by atoms with Crippen molar-refractivity contribution in [3.8, 4) is 11.3 Å². The Bertz CT molecular complexity index is 587. The molecule has 0 aliphatic carbocycles. The van der Waals surface area contributed by atoms with Crippen LogP contribution in [0.4, 0.5) is 0 Å². The number of benzene rings is 1. The molecule has 0 bridgehead atoms. The largest absolute Gasteiger partial charge is 0.313 e. The highest BCUT2D eigenvalue weighted by atomic mass is 16.1. The van der Waals surface area contributed by atoms with E-state index in [2.05, 4.69) is 29.0 Å². The van der Waals surface area contributed by atoms with Gasteiger partial charge in [-0.1, -0.05) is 38.5 Å². The molecule has 2 rings (SSSR count). The lowest BCUT2D eigenvalue weighted by atomic mass is 10.0. The molecule has 0 fully saturated rings. The molecule has 0 saturated heterocycles. The topological polar surface area (TPSA) is 45.8 Å². The molecule has 0 saturated carbocycles. The maximum absolute atomic E-state index is 11.8. The molecule has 1 aromatic carbocycles. The van der Waals surface area contributed by atoms with Crippen LogP contribution < -0.4 is 5.56 Å². The first kappa shape index (κ1) is 12.6. The monoisotopic (exact) mass is 242 g/mol. The lowest BCUT2D eigenvalue weighted by Crippen LogP contribution is -2.14. The highest BCUT2D eigenvalue weighted by Gasteiger charge is 2.09. The first-order valence-electron chi connectivity index (χ1n) is 6.42. The summed E-state index contributed by atoms with van der Waals surface area (Å²) >= 11 is 0. The van der Waals surface area contributed by atoms with Crippen molar-refractivity contribution in [2.24, 2.45) is 0 Å². The van der Waals surface area contributed by atoms with E-state index in [-0.39, 0.29) is 5.56 Å². The van der Waals surface area contributed by atoms with Gasteiger partial charge in [0.05, 0.1) is 12.0 Å². The minimum atomic E-state index is -0.0385. The number of hydrogen-bond acceptors (Lipinski definition) is 2. The standard InChI is InChI=1S/C15H18N2O/c1-3-6-11-7-5-8-12(9-11)14-13(4-2)15(18)17-10-16-14/h5,7-10H,3-4,6H2,1-2H3,(H,16,17,18). The van der Waals surface area contributed by atoms with Crippen LogP contribution in [0, 0.1) is 0 Å². The Morgan fingerprint density at radius 3 is 2.83 bits per heavy atom. The van der Waals surface area contributed by atoms with Gasteiger partial charge in [-0.2, -0.15) is 0 Å². The zero-order valence-electron chi connectivity index (χ0n) is 10.9. The Hall–Kier alpha value is -1.90. The molecule has 94 valence electrons. The summed E-state index contributed by atoms with van der Waals surface area (Å²) < 4.78 is 0. The van der Waals surface area contributed by atoms with Gasteiger partial charge in [0.25, 0.3) is 5.56 Å². The zero-order valence-corrected chi connectivity index (χ0v) is 10.9. The third-order valence-electron chi connectivity index (χ3n) is 3.04. The Labute approximate surface area is 107 Å². The van der Waals surface area contributed by atoms with Crippen molar-refractivity contribution in [1.29, 1.82) is 0 Å². The average Bonchev–Trinajstić information content (AvgIpc) is 2.39. The average molecular weight is 242 g/mol. The zero-order chi connectivity index (χ0) is 13.0. The Kier molecular flexibility index (Phi) is 3.92. The van der Waals surface area contributed by atoms with E-state index in [0.29, 0.717) is 6.42 Å². The predicted molar refractivity (Wildman–Crippen MR) is 73.7 cm³/mol. The number of H-pyrrole nitrogens is 1. The molecule has 0 aliphatic rings. The molecule has 0 spiro atoms. The molecular formula is C15H18N2O. The van der Waals surface area contributed by atoms with Crippen LogP contribution in [0.15, 0.2) is 35.4 Å². The van der Waals surface area contributed by atoms with Crippen LogP contribution in [0.2, 0.25) is 0 Å². The lowest BCUT2D eigenvalue weighted by Gasteiger charge is -2.07. The molecule has 1 heterocycles. The quantitative estimate of drug-likeness (QED) is 0.896. The highest BCUT2D eigenvalue weighted by Crippen LogP contribution is 2.20. The summed E-state index contributed by atoms with van der Waals surface area (Å²) in [5, 5.41) is 0. The van der Waals surface area contributed by atoms with E-state index in [9.17, 15) is 4.79 Å². The molecule has 3 heteroatoms. The van der Waals surface area contributed by atoms with Crippen molar-refractivity contribution in [1.82, 2.24) is 9.97 Å². The summed E-state index contributed by atoms with van der Waals surface area (Å²) in [4.78, 5) is 18.7. The van der Waals surface area contributed by atoms with Gasteiger partial charge in [-0.3, -0.25) is 4.79 Å². The van der Waals surface area contributed by atoms with E-state index in [0.717, 1.165) is 29.7 Å². The molecule has 18 heavy (non-hydrogen) atoms. The molecule has 2 aromatic rings. The van der Waals surface area contributed by atoms with Gasteiger partial charge in [-0.25, -0.2) is 4.98 Å². The number of rotatable bonds is 4. The second-order valence-electron chi connectivity index (χ2n) is 4.36. The van der Waals surface area contributed by atoms with E-state index < -0.39 is 0 Å². The van der Waals surface area contributed by atoms with Gasteiger partial charge in [0.1, 0.15) is 0 Å². The van der Waals surface area contributed by atoms with Gasteiger partial charge in [0.2, 0.25) is 0 Å². The Balaban J connectivity index is 2.51. The maximum atomic E-state index is 11.8. The van der Waals surface area contributed by atoms with Crippen LogP contribution in [0.3, 0.4) is 0 Å². The van der Waals surface area contributed by atoms with Crippen molar-refractivity contribution in [2.45, 2.75) is 33.1 Å². The molecule has 0 atom stereocenters. The second kappa shape index (κ2) is 5.63. The number of nitrogens with one attached hydrogen (secondary N) is 1. The molecule has 0 unspecified atom stereocenters. The molecule has 1 N–H and O–H groups in total. The summed E-state index contributed by atoms with van der Waals surface area (Å²) in [6.07, 6.45) is 4.34. The predicted octanol–water partition coefficient (Wildman–Crippen LogP) is 2.95. The van der Waals surface area contributed by atoms with E-state index in [1.54, 1.807) is 0 Å². The first-order valence-corrected chi connectivity index (χ1v) is 6.42. The van der Waals surface area contributed by atoms with Gasteiger partial charge < -0.3 is 4.98 Å². The van der Waals surface area contributed by atoms with Crippen LogP contribution in [-0.2, 0) is 12.8 Å². The third kappa shape index (κ3) is 2.50. The number of nitrogens with zero attached hydrogens (tertiary/aromatic N) is 1. The smallest absolute Gasteiger partial charge is 0.254 e. The van der Waals surface area contributed by atoms with Crippen molar-refractivity contribution < 1.29 is 0 Å². The van der Waals surface area contributed by atoms with Crippen LogP contribution in [0.5, 0.6) is 0 Å². The normalized spacial score (nSPS) is 10.6. The Morgan fingerprint density at radius 1 is 1.28 bits per heavy atom. The van der Waals surface area contributed by atoms with Crippen molar-refractivity contribution >= 4 is 0 Å². The molecule has 0 aliphatic heterocycles. The summed E-state index contributed by atoms with van der Waals surface area (Å²) in [5.41, 5.74) is 3.84. The SMILES string of the molecule is CCCc1cccc(-c2nc[nH]c(=O)c2CC)c1. The molecule has 0 radical (unpaired) electrons. The maximum Gasteiger partial charge on any atom is 0.254 e. The summed E-state index contributed by atoms with van der Waals surface area (Å²) in [6, 6.07) is 8.29. The van der Waals surface area contributed by atoms with Gasteiger partial charge in [0, 0.05) is 11.1 Å². The van der Waals surface area contributed by atoms with Crippen LogP contribution in [0.1, 0.15) is 31.4 Å². The van der Waals surface area contributed by atoms with Crippen molar-refractivity contribution in [3.05, 3.63) is 52.1 Å². The molecule has 1 aromatic heterocycles. The summed E-state index contributed by atoms with van der Waals surface area (Å²) in [6.45, 7) is 4.14. The minimum Gasteiger partial charge on any atom is -0.313 e. The van der Waals surface area contributed by atoms with Crippen LogP contribution in [-0.4, -0.2) is 9.97 Å². The number of aromatic nitrogens is 2. The van der Waals surface area contributed by atoms with E-state index in [1.165, 1.54) is 11.9 Å². The van der Waals surface area contributed by atoms with E-state index in [1.807, 2.05) is 19.1 Å². The highest BCUT2D eigenvalue weighted by molar-refractivity contribution is 5.63. The van der Waals surface area contributed by atoms with Crippen LogP contribution in [0.25, 0.3) is 11.3 Å². The van der Waals surface area contributed by atoms with E-state index >= 15 is 0 Å². The molecular weight excluding hydrogens is 224 g/mol. The third-order valence-corrected chi connectivity index (χ3v) is 3.04. The Morgan fingerprint density at radius 2 is 2.11 bits per heavy atom. The molecule has 0 amide bonds. The van der Waals surface area contributed by atoms with E-state index in [4.69, 9.17) is 0 Å². The number of hydrogen-bond donors (Lipinski definition) is 1. The second-order valence-corrected chi connectivity index (χ2v) is 4.36. The number of aryl methyl sites for hydroxylation is 1. The number of aromatic amines is 1.